The molecule has 0 aromatic heterocycles. The van der Waals surface area contributed by atoms with E-state index < -0.39 is 5.97 Å². The third-order valence-electron chi connectivity index (χ3n) is 4.90. The van der Waals surface area contributed by atoms with Crippen LogP contribution < -0.4 is 5.43 Å². The normalized spacial score (nSPS) is 15.4. The van der Waals surface area contributed by atoms with Crippen molar-refractivity contribution < 1.29 is 9.53 Å². The second-order valence-electron chi connectivity index (χ2n) is 6.87. The Hall–Kier alpha value is -2.53. The zero-order valence-electron chi connectivity index (χ0n) is 16.1. The van der Waals surface area contributed by atoms with Gasteiger partial charge >= 0.3 is 5.97 Å². The van der Waals surface area contributed by atoms with Crippen molar-refractivity contribution in [3.8, 4) is 0 Å². The Labute approximate surface area is 171 Å². The predicted octanol–water partition coefficient (Wildman–Crippen LogP) is 4.58. The number of amidine groups is 1. The second kappa shape index (κ2) is 10.1. The minimum atomic E-state index is -0.413. The fourth-order valence-electron chi connectivity index (χ4n) is 3.40. The van der Waals surface area contributed by atoms with Crippen LogP contribution in [0, 0.1) is 5.92 Å². The van der Waals surface area contributed by atoms with Crippen LogP contribution in [0.4, 0.5) is 5.69 Å². The van der Waals surface area contributed by atoms with Gasteiger partial charge in [0.05, 0.1) is 17.3 Å². The first-order valence-electron chi connectivity index (χ1n) is 9.71. The van der Waals surface area contributed by atoms with E-state index in [0.717, 1.165) is 32.4 Å². The minimum absolute atomic E-state index is 0.305. The number of rotatable bonds is 5. The van der Waals surface area contributed by atoms with Crippen molar-refractivity contribution in [2.75, 3.05) is 25.1 Å². The highest BCUT2D eigenvalue weighted by Crippen LogP contribution is 2.23. The summed E-state index contributed by atoms with van der Waals surface area (Å²) in [5.41, 5.74) is 4.93. The van der Waals surface area contributed by atoms with E-state index in [0.29, 0.717) is 29.1 Å². The molecule has 0 spiro atoms. The van der Waals surface area contributed by atoms with Crippen LogP contribution in [0.5, 0.6) is 0 Å². The molecule has 0 saturated carbocycles. The fraction of sp³-hybridized carbons (Fsp3) is 0.364. The number of carbonyl (C=O) groups is 1. The van der Waals surface area contributed by atoms with E-state index in [9.17, 15) is 4.79 Å². The highest BCUT2D eigenvalue weighted by Gasteiger charge is 2.27. The van der Waals surface area contributed by atoms with Gasteiger partial charge in [-0.15, -0.1) is 5.10 Å². The Bertz CT molecular complexity index is 802. The maximum Gasteiger partial charge on any atom is 0.375 e. The average Bonchev–Trinajstić information content (AvgIpc) is 2.71. The second-order valence-corrected chi connectivity index (χ2v) is 7.27. The number of nitrogens with zero attached hydrogens (tertiary/aromatic N) is 2. The first-order valence-corrected chi connectivity index (χ1v) is 10.1. The third kappa shape index (κ3) is 5.49. The molecule has 1 fully saturated rings. The molecule has 3 rings (SSSR count). The summed E-state index contributed by atoms with van der Waals surface area (Å²) in [6.07, 6.45) is 3.09. The molecule has 1 heterocycles. The van der Waals surface area contributed by atoms with Crippen molar-refractivity contribution in [2.45, 2.75) is 26.2 Å². The van der Waals surface area contributed by atoms with Gasteiger partial charge in [0, 0.05) is 13.1 Å². The van der Waals surface area contributed by atoms with Gasteiger partial charge < -0.3 is 9.64 Å². The molecule has 5 nitrogen and oxygen atoms in total. The molecule has 1 N–H and O–H groups in total. The molecular formula is C22H26ClN3O2. The Kier molecular flexibility index (Phi) is 7.31. The molecule has 2 aromatic rings. The summed E-state index contributed by atoms with van der Waals surface area (Å²) in [7, 11) is 0. The largest absolute Gasteiger partial charge is 0.460 e. The standard InChI is InChI=1S/C22H26ClN3O2/c1-2-28-22(27)21(25-24-20-11-7-6-10-19(20)23)26-14-12-18(13-15-26)16-17-8-4-3-5-9-17/h3-11,18,24H,2,12-16H2,1H3. The number of nitrogens with one attached hydrogen (secondary N) is 1. The number of piperidine rings is 1. The van der Waals surface area contributed by atoms with Crippen molar-refractivity contribution in [2.24, 2.45) is 11.0 Å². The van der Waals surface area contributed by atoms with Gasteiger partial charge in [-0.2, -0.15) is 0 Å². The SMILES string of the molecule is CCOC(=O)C(=NNc1ccccc1Cl)N1CCC(Cc2ccccc2)CC1. The number of esters is 1. The van der Waals surface area contributed by atoms with Crippen molar-refractivity contribution in [1.29, 1.82) is 0 Å². The van der Waals surface area contributed by atoms with E-state index in [2.05, 4.69) is 34.8 Å². The molecular weight excluding hydrogens is 374 g/mol. The van der Waals surface area contributed by atoms with E-state index in [1.807, 2.05) is 29.2 Å². The van der Waals surface area contributed by atoms with Gasteiger partial charge in [-0.1, -0.05) is 54.1 Å². The molecule has 1 aliphatic heterocycles. The average molecular weight is 400 g/mol. The number of hydrogen-bond acceptors (Lipinski definition) is 4. The van der Waals surface area contributed by atoms with Gasteiger partial charge in [0.15, 0.2) is 0 Å². The van der Waals surface area contributed by atoms with Crippen molar-refractivity contribution in [3.63, 3.8) is 0 Å². The zero-order chi connectivity index (χ0) is 19.8. The summed E-state index contributed by atoms with van der Waals surface area (Å²) in [6.45, 7) is 3.66. The number of anilines is 1. The maximum absolute atomic E-state index is 12.5. The molecule has 0 radical (unpaired) electrons. The van der Waals surface area contributed by atoms with Gasteiger partial charge in [-0.25, -0.2) is 4.79 Å². The van der Waals surface area contributed by atoms with Gasteiger partial charge in [0.2, 0.25) is 5.84 Å². The fourth-order valence-corrected chi connectivity index (χ4v) is 3.58. The topological polar surface area (TPSA) is 53.9 Å². The molecule has 0 aliphatic carbocycles. The number of benzene rings is 2. The summed E-state index contributed by atoms with van der Waals surface area (Å²) in [5.74, 6) is 0.502. The van der Waals surface area contributed by atoms with E-state index in [1.165, 1.54) is 5.56 Å². The maximum atomic E-state index is 12.5. The van der Waals surface area contributed by atoms with Gasteiger partial charge in [-0.3, -0.25) is 5.43 Å². The lowest BCUT2D eigenvalue weighted by atomic mass is 9.90. The lowest BCUT2D eigenvalue weighted by molar-refractivity contribution is -0.136. The molecule has 0 bridgehead atoms. The number of halogens is 1. The zero-order valence-corrected chi connectivity index (χ0v) is 16.9. The number of hydrazone groups is 1. The Morgan fingerprint density at radius 3 is 2.50 bits per heavy atom. The van der Waals surface area contributed by atoms with Crippen molar-refractivity contribution >= 4 is 29.1 Å². The van der Waals surface area contributed by atoms with Gasteiger partial charge in [-0.05, 0) is 49.8 Å². The molecule has 0 unspecified atom stereocenters. The Morgan fingerprint density at radius 1 is 1.14 bits per heavy atom. The van der Waals surface area contributed by atoms with Crippen LogP contribution in [-0.4, -0.2) is 36.4 Å². The van der Waals surface area contributed by atoms with Crippen LogP contribution >= 0.6 is 11.6 Å². The summed E-state index contributed by atoms with van der Waals surface area (Å²) >= 11 is 6.17. The highest BCUT2D eigenvalue weighted by atomic mass is 35.5. The summed E-state index contributed by atoms with van der Waals surface area (Å²) < 4.78 is 5.21. The number of likely N-dealkylation sites (tertiary alicyclic amines) is 1. The lowest BCUT2D eigenvalue weighted by Gasteiger charge is -2.33. The molecule has 1 aliphatic rings. The highest BCUT2D eigenvalue weighted by molar-refractivity contribution is 6.35. The van der Waals surface area contributed by atoms with E-state index in [4.69, 9.17) is 16.3 Å². The first-order chi connectivity index (χ1) is 13.7. The van der Waals surface area contributed by atoms with Crippen molar-refractivity contribution in [3.05, 3.63) is 65.2 Å². The quantitative estimate of drug-likeness (QED) is 0.346. The number of para-hydroxylation sites is 1. The molecule has 2 aromatic carbocycles. The Morgan fingerprint density at radius 2 is 1.82 bits per heavy atom. The summed E-state index contributed by atoms with van der Waals surface area (Å²) in [4.78, 5) is 14.5. The Balaban J connectivity index is 1.65. The molecule has 1 saturated heterocycles. The van der Waals surface area contributed by atoms with Crippen LogP contribution in [0.2, 0.25) is 5.02 Å². The smallest absolute Gasteiger partial charge is 0.375 e. The van der Waals surface area contributed by atoms with E-state index >= 15 is 0 Å². The van der Waals surface area contributed by atoms with Crippen LogP contribution in [-0.2, 0) is 16.0 Å². The van der Waals surface area contributed by atoms with E-state index in [-0.39, 0.29) is 0 Å². The molecule has 6 heteroatoms. The van der Waals surface area contributed by atoms with Crippen LogP contribution in [0.3, 0.4) is 0 Å². The van der Waals surface area contributed by atoms with E-state index in [1.54, 1.807) is 13.0 Å². The molecule has 28 heavy (non-hydrogen) atoms. The molecule has 0 atom stereocenters. The van der Waals surface area contributed by atoms with Gasteiger partial charge in [0.25, 0.3) is 0 Å². The van der Waals surface area contributed by atoms with Crippen LogP contribution in [0.15, 0.2) is 59.7 Å². The third-order valence-corrected chi connectivity index (χ3v) is 5.22. The number of hydrogen-bond donors (Lipinski definition) is 1. The first kappa shape index (κ1) is 20.2. The molecule has 0 amide bonds. The lowest BCUT2D eigenvalue weighted by Crippen LogP contribution is -2.43. The van der Waals surface area contributed by atoms with Crippen LogP contribution in [0.25, 0.3) is 0 Å². The van der Waals surface area contributed by atoms with Gasteiger partial charge in [0.1, 0.15) is 0 Å². The minimum Gasteiger partial charge on any atom is -0.460 e. The number of carbonyl (C=O) groups excluding carboxylic acids is 1. The molecule has 148 valence electrons. The summed E-state index contributed by atoms with van der Waals surface area (Å²) in [5, 5.41) is 4.89. The monoisotopic (exact) mass is 399 g/mol. The summed E-state index contributed by atoms with van der Waals surface area (Å²) in [6, 6.07) is 17.9. The number of ether oxygens (including phenoxy) is 1. The van der Waals surface area contributed by atoms with Crippen LogP contribution in [0.1, 0.15) is 25.3 Å². The predicted molar refractivity (Wildman–Crippen MR) is 114 cm³/mol. The van der Waals surface area contributed by atoms with Crippen molar-refractivity contribution in [1.82, 2.24) is 4.90 Å².